The van der Waals surface area contributed by atoms with E-state index in [1.165, 1.54) is 11.0 Å². The number of ketones is 1. The largest absolute Gasteiger partial charge is 0.346 e. The number of carbonyl (C=O) groups is 7. The molecule has 14 heteroatoms. The summed E-state index contributed by atoms with van der Waals surface area (Å²) in [7, 11) is 0. The smallest absolute Gasteiger partial charge is 0.324 e. The number of nitrogens with zero attached hydrogens (tertiary/aromatic N) is 2. The molecule has 0 radical (unpaired) electrons. The van der Waals surface area contributed by atoms with Crippen molar-refractivity contribution in [3.8, 4) is 0 Å². The Hall–Kier alpha value is -3.97. The number of amides is 8. The third kappa shape index (κ3) is 8.00. The topological polar surface area (TPSA) is 186 Å². The Kier molecular flexibility index (Phi) is 10.4. The standard InChI is InChI=1S/C34H53N7O7/c1-10-13-35-28(45)25(43)20(14-18-11-12-18)37-27(44)24-23-19(34(23,8)9)16-41(24)29(46)26(33(5,6)7)39-30(47)38-21(32(2,3)4)17-40-22(42)15-36-31(40)48/h10,18-21,23-24,26H,1,11-17H2,2-9H3,(H,35,45)(H,36,48)(H,37,44)(H2,38,39,47)/t19-,20?,21+,23-,24-,26+/m0/s1. The summed E-state index contributed by atoms with van der Waals surface area (Å²) in [6.07, 6.45) is 3.64. The molecular weight excluding hydrogens is 618 g/mol. The highest BCUT2D eigenvalue weighted by Crippen LogP contribution is 2.65. The molecular formula is C34H53N7O7. The van der Waals surface area contributed by atoms with Crippen molar-refractivity contribution >= 4 is 41.5 Å². The number of hydrogen-bond donors (Lipinski definition) is 5. The summed E-state index contributed by atoms with van der Waals surface area (Å²) in [5.41, 5.74) is -1.53. The molecule has 6 atom stereocenters. The van der Waals surface area contributed by atoms with Gasteiger partial charge >= 0.3 is 12.1 Å². The van der Waals surface area contributed by atoms with Gasteiger partial charge in [0.15, 0.2) is 0 Å². The van der Waals surface area contributed by atoms with Crippen molar-refractivity contribution in [3.63, 3.8) is 0 Å². The number of likely N-dealkylation sites (tertiary alicyclic amines) is 1. The minimum atomic E-state index is -1.04. The highest BCUT2D eigenvalue weighted by Gasteiger charge is 2.70. The summed E-state index contributed by atoms with van der Waals surface area (Å²) in [5, 5.41) is 13.5. The molecule has 2 heterocycles. The fourth-order valence-corrected chi connectivity index (χ4v) is 6.90. The number of fused-ring (bicyclic) bond motifs is 1. The average molecular weight is 672 g/mol. The summed E-state index contributed by atoms with van der Waals surface area (Å²) < 4.78 is 0. The van der Waals surface area contributed by atoms with Gasteiger partial charge in [0.05, 0.1) is 25.2 Å². The number of rotatable bonds is 13. The van der Waals surface area contributed by atoms with E-state index in [4.69, 9.17) is 0 Å². The molecule has 0 aromatic carbocycles. The van der Waals surface area contributed by atoms with Crippen LogP contribution in [0.2, 0.25) is 0 Å². The molecule has 0 aromatic rings. The Balaban J connectivity index is 1.52. The number of imide groups is 1. The van der Waals surface area contributed by atoms with Gasteiger partial charge in [-0.3, -0.25) is 28.9 Å². The Labute approximate surface area is 282 Å². The third-order valence-electron chi connectivity index (χ3n) is 10.3. The number of urea groups is 2. The predicted molar refractivity (Wildman–Crippen MR) is 177 cm³/mol. The van der Waals surface area contributed by atoms with Crippen LogP contribution in [0.4, 0.5) is 9.59 Å². The van der Waals surface area contributed by atoms with Crippen LogP contribution in [-0.4, -0.2) is 102 Å². The van der Waals surface area contributed by atoms with E-state index in [0.29, 0.717) is 13.0 Å². The zero-order valence-electron chi connectivity index (χ0n) is 29.5. The van der Waals surface area contributed by atoms with Crippen LogP contribution in [0.3, 0.4) is 0 Å². The SMILES string of the molecule is C=CCNC(=O)C(=O)C(CC1CC1)NC(=O)[C@@H]1[C@@H]2[C@H](CN1C(=O)[C@@H](NC(=O)N[C@H](CN1C(=O)CNC1=O)C(C)(C)C)C(C)(C)C)C2(C)C. The van der Waals surface area contributed by atoms with Crippen LogP contribution >= 0.6 is 0 Å². The van der Waals surface area contributed by atoms with E-state index in [2.05, 4.69) is 33.2 Å². The summed E-state index contributed by atoms with van der Waals surface area (Å²) in [6.45, 7) is 19.0. The normalized spacial score (nSPS) is 24.9. The number of hydrogen-bond acceptors (Lipinski definition) is 7. The molecule has 2 aliphatic carbocycles. The lowest BCUT2D eigenvalue weighted by Crippen LogP contribution is -2.63. The first kappa shape index (κ1) is 36.9. The molecule has 4 aliphatic rings. The van der Waals surface area contributed by atoms with Crippen LogP contribution in [0.5, 0.6) is 0 Å². The Morgan fingerprint density at radius 1 is 1.00 bits per heavy atom. The van der Waals surface area contributed by atoms with Gasteiger partial charge in [0.1, 0.15) is 12.1 Å². The second-order valence-corrected chi connectivity index (χ2v) is 16.5. The van der Waals surface area contributed by atoms with Gasteiger partial charge in [-0.05, 0) is 40.4 Å². The van der Waals surface area contributed by atoms with Gasteiger partial charge in [-0.1, -0.05) is 74.3 Å². The first-order valence-electron chi connectivity index (χ1n) is 16.9. The summed E-state index contributed by atoms with van der Waals surface area (Å²) in [6, 6.07) is -4.77. The zero-order chi connectivity index (χ0) is 35.9. The molecule has 266 valence electrons. The maximum atomic E-state index is 14.4. The van der Waals surface area contributed by atoms with Crippen molar-refractivity contribution in [2.24, 2.45) is 34.0 Å². The molecule has 1 unspecified atom stereocenters. The van der Waals surface area contributed by atoms with Gasteiger partial charge in [-0.15, -0.1) is 6.58 Å². The van der Waals surface area contributed by atoms with E-state index in [9.17, 15) is 33.6 Å². The fourth-order valence-electron chi connectivity index (χ4n) is 6.90. The monoisotopic (exact) mass is 671 g/mol. The first-order valence-corrected chi connectivity index (χ1v) is 16.9. The molecule has 2 aliphatic heterocycles. The van der Waals surface area contributed by atoms with Gasteiger partial charge in [0, 0.05) is 13.1 Å². The van der Waals surface area contributed by atoms with Crippen LogP contribution in [0, 0.1) is 34.0 Å². The second-order valence-electron chi connectivity index (χ2n) is 16.5. The molecule has 8 amide bonds. The Morgan fingerprint density at radius 3 is 2.17 bits per heavy atom. The maximum absolute atomic E-state index is 14.4. The van der Waals surface area contributed by atoms with Crippen LogP contribution in [0.15, 0.2) is 12.7 Å². The van der Waals surface area contributed by atoms with E-state index >= 15 is 0 Å². The second kappa shape index (κ2) is 13.5. The number of nitrogens with one attached hydrogen (secondary N) is 5. The minimum Gasteiger partial charge on any atom is -0.346 e. The van der Waals surface area contributed by atoms with E-state index in [-0.39, 0.29) is 42.8 Å². The van der Waals surface area contributed by atoms with Gasteiger partial charge in [0.2, 0.25) is 23.5 Å². The molecule has 14 nitrogen and oxygen atoms in total. The zero-order valence-corrected chi connectivity index (χ0v) is 29.5. The highest BCUT2D eigenvalue weighted by molar-refractivity contribution is 6.38. The third-order valence-corrected chi connectivity index (χ3v) is 10.3. The lowest BCUT2D eigenvalue weighted by molar-refractivity contribution is -0.145. The van der Waals surface area contributed by atoms with Crippen molar-refractivity contribution in [2.75, 3.05) is 26.2 Å². The predicted octanol–water partition coefficient (Wildman–Crippen LogP) is 1.31. The summed E-state index contributed by atoms with van der Waals surface area (Å²) in [5.74, 6) is -2.71. The van der Waals surface area contributed by atoms with Gasteiger partial charge < -0.3 is 31.5 Å². The summed E-state index contributed by atoms with van der Waals surface area (Å²) >= 11 is 0. The van der Waals surface area contributed by atoms with Gasteiger partial charge in [0.25, 0.3) is 5.91 Å². The minimum absolute atomic E-state index is 0.0467. The van der Waals surface area contributed by atoms with Crippen LogP contribution in [0.1, 0.15) is 74.7 Å². The van der Waals surface area contributed by atoms with Crippen molar-refractivity contribution in [2.45, 2.75) is 98.8 Å². The molecule has 0 bridgehead atoms. The number of carbonyl (C=O) groups excluding carboxylic acids is 7. The molecule has 48 heavy (non-hydrogen) atoms. The highest BCUT2D eigenvalue weighted by atomic mass is 16.2. The van der Waals surface area contributed by atoms with E-state index in [0.717, 1.165) is 17.7 Å². The molecule has 0 spiro atoms. The first-order chi connectivity index (χ1) is 22.2. The van der Waals surface area contributed by atoms with Crippen LogP contribution in [-0.2, 0) is 24.0 Å². The summed E-state index contributed by atoms with van der Waals surface area (Å²) in [4.78, 5) is 94.6. The number of Topliss-reactive ketones (excluding diaryl/α,β-unsaturated/α-hetero) is 1. The average Bonchev–Trinajstić information content (AvgIpc) is 3.79. The molecule has 5 N–H and O–H groups in total. The van der Waals surface area contributed by atoms with Crippen LogP contribution < -0.4 is 26.6 Å². The molecule has 2 saturated carbocycles. The Morgan fingerprint density at radius 2 is 1.65 bits per heavy atom. The number of piperidine rings is 1. The Bertz CT molecular complexity index is 1340. The molecule has 2 saturated heterocycles. The van der Waals surface area contributed by atoms with Crippen LogP contribution in [0.25, 0.3) is 0 Å². The van der Waals surface area contributed by atoms with E-state index < -0.39 is 76.5 Å². The van der Waals surface area contributed by atoms with Crippen molar-refractivity contribution in [3.05, 3.63) is 12.7 Å². The van der Waals surface area contributed by atoms with E-state index in [1.807, 2.05) is 55.4 Å². The van der Waals surface area contributed by atoms with Gasteiger partial charge in [-0.25, -0.2) is 9.59 Å². The lowest BCUT2D eigenvalue weighted by Gasteiger charge is -2.39. The quantitative estimate of drug-likeness (QED) is 0.111. The molecule has 4 fully saturated rings. The van der Waals surface area contributed by atoms with Crippen molar-refractivity contribution in [1.82, 2.24) is 36.4 Å². The van der Waals surface area contributed by atoms with Crippen molar-refractivity contribution < 1.29 is 33.6 Å². The fraction of sp³-hybridized carbons (Fsp3) is 0.735. The maximum Gasteiger partial charge on any atom is 0.324 e. The van der Waals surface area contributed by atoms with Gasteiger partial charge in [-0.2, -0.15) is 0 Å². The van der Waals surface area contributed by atoms with Crippen molar-refractivity contribution in [1.29, 1.82) is 0 Å². The molecule has 0 aromatic heterocycles. The molecule has 4 rings (SSSR count). The lowest BCUT2D eigenvalue weighted by atomic mass is 9.85. The van der Waals surface area contributed by atoms with E-state index in [1.54, 1.807) is 0 Å².